The van der Waals surface area contributed by atoms with Crippen molar-refractivity contribution < 1.29 is 34.1 Å². The number of ether oxygens (including phenoxy) is 1. The number of aryl methyl sites for hydroxylation is 1. The first-order chi connectivity index (χ1) is 17.9. The van der Waals surface area contributed by atoms with Crippen LogP contribution in [0, 0.1) is 6.92 Å². The maximum absolute atomic E-state index is 12.9. The number of amides is 1. The first-order valence-corrected chi connectivity index (χ1v) is 12.1. The number of halogens is 1. The van der Waals surface area contributed by atoms with Crippen LogP contribution in [-0.4, -0.2) is 70.1 Å². The van der Waals surface area contributed by atoms with Gasteiger partial charge in [-0.15, -0.1) is 0 Å². The van der Waals surface area contributed by atoms with E-state index in [1.165, 1.54) is 22.7 Å². The molecule has 2 aromatic carbocycles. The Bertz CT molecular complexity index is 1210. The second-order valence-electron chi connectivity index (χ2n) is 9.03. The lowest BCUT2D eigenvalue weighted by Crippen LogP contribution is -2.59. The number of carbonyl (C=O) groups excluding carboxylic acids is 1. The van der Waals surface area contributed by atoms with Gasteiger partial charge in [-0.1, -0.05) is 42.5 Å². The predicted molar refractivity (Wildman–Crippen MR) is 136 cm³/mol. The number of rotatable bonds is 10. The Kier molecular flexibility index (Phi) is 9.04. The molecule has 0 aliphatic carbocycles. The van der Waals surface area contributed by atoms with Crippen molar-refractivity contribution in [1.82, 2.24) is 15.8 Å². The molecule has 6 N–H and O–H groups in total. The molecule has 0 saturated carbocycles. The standard InChI is InChI=1S/C27H32FN3O6/c1-16-19(20-4-2-3-5-21(20)30-16)12-13-29-15-18-8-6-17(7-9-18)10-11-23(32)31-37-27-26(35)25(34)24(33)22(14-28)36-27/h2-11,22,24-27,29-30,33-35H,12-15H2,1H3,(H,31,32)/b11-10+/t22-,24+,25+,26-,27+/m1/s1. The zero-order valence-electron chi connectivity index (χ0n) is 20.4. The van der Waals surface area contributed by atoms with Gasteiger partial charge in [0.25, 0.3) is 5.91 Å². The lowest BCUT2D eigenvalue weighted by molar-refractivity contribution is -0.310. The maximum Gasteiger partial charge on any atom is 0.267 e. The number of para-hydroxylation sites is 1. The van der Waals surface area contributed by atoms with Crippen LogP contribution in [0.15, 0.2) is 54.6 Å². The van der Waals surface area contributed by atoms with Crippen molar-refractivity contribution in [2.24, 2.45) is 0 Å². The summed E-state index contributed by atoms with van der Waals surface area (Å²) in [6.45, 7) is 2.56. The number of hydrogen-bond donors (Lipinski definition) is 6. The van der Waals surface area contributed by atoms with Crippen molar-refractivity contribution in [3.05, 3.63) is 77.0 Å². The fourth-order valence-electron chi connectivity index (χ4n) is 4.31. The van der Waals surface area contributed by atoms with E-state index in [0.29, 0.717) is 6.54 Å². The third kappa shape index (κ3) is 6.61. The summed E-state index contributed by atoms with van der Waals surface area (Å²) in [6.07, 6.45) is -4.10. The molecule has 1 aromatic heterocycles. The first-order valence-electron chi connectivity index (χ1n) is 12.1. The fourth-order valence-corrected chi connectivity index (χ4v) is 4.31. The maximum atomic E-state index is 12.9. The zero-order chi connectivity index (χ0) is 26.4. The lowest BCUT2D eigenvalue weighted by Gasteiger charge is -2.38. The number of aliphatic hydroxyl groups is 3. The summed E-state index contributed by atoms with van der Waals surface area (Å²) in [4.78, 5) is 20.4. The molecular weight excluding hydrogens is 481 g/mol. The van der Waals surface area contributed by atoms with E-state index in [0.717, 1.165) is 29.6 Å². The van der Waals surface area contributed by atoms with Gasteiger partial charge in [0.2, 0.25) is 6.29 Å². The molecule has 1 fully saturated rings. The van der Waals surface area contributed by atoms with E-state index in [-0.39, 0.29) is 0 Å². The molecule has 4 rings (SSSR count). The van der Waals surface area contributed by atoms with Crippen molar-refractivity contribution in [3.63, 3.8) is 0 Å². The highest BCUT2D eigenvalue weighted by atomic mass is 19.1. The quantitative estimate of drug-likeness (QED) is 0.138. The SMILES string of the molecule is Cc1[nH]c2ccccc2c1CCNCc1ccc(/C=C/C(=O)NO[C@@H]2O[C@H](CF)[C@H](O)[C@H](O)[C@H]2O)cc1. The number of aliphatic hydroxyl groups excluding tert-OH is 3. The lowest BCUT2D eigenvalue weighted by atomic mass is 10.00. The number of hydrogen-bond acceptors (Lipinski definition) is 7. The van der Waals surface area contributed by atoms with Gasteiger partial charge in [-0.2, -0.15) is 0 Å². The van der Waals surface area contributed by atoms with Crippen LogP contribution in [0.5, 0.6) is 0 Å². The van der Waals surface area contributed by atoms with E-state index in [2.05, 4.69) is 40.9 Å². The Morgan fingerprint density at radius 3 is 2.62 bits per heavy atom. The molecule has 3 aromatic rings. The molecule has 198 valence electrons. The summed E-state index contributed by atoms with van der Waals surface area (Å²) < 4.78 is 18.0. The Balaban J connectivity index is 1.20. The van der Waals surface area contributed by atoms with Crippen LogP contribution >= 0.6 is 0 Å². The summed E-state index contributed by atoms with van der Waals surface area (Å²) in [5.74, 6) is -0.647. The highest BCUT2D eigenvalue weighted by Crippen LogP contribution is 2.23. The molecule has 0 radical (unpaired) electrons. The Morgan fingerprint density at radius 1 is 1.11 bits per heavy atom. The number of aromatic nitrogens is 1. The first kappa shape index (κ1) is 26.9. The number of benzene rings is 2. The number of nitrogens with one attached hydrogen (secondary N) is 3. The molecule has 0 bridgehead atoms. The second kappa shape index (κ2) is 12.4. The van der Waals surface area contributed by atoms with Crippen molar-refractivity contribution in [1.29, 1.82) is 0 Å². The molecule has 5 atom stereocenters. The molecule has 9 nitrogen and oxygen atoms in total. The molecule has 0 unspecified atom stereocenters. The third-order valence-corrected chi connectivity index (χ3v) is 6.41. The molecule has 1 amide bonds. The summed E-state index contributed by atoms with van der Waals surface area (Å²) in [7, 11) is 0. The summed E-state index contributed by atoms with van der Waals surface area (Å²) in [5.41, 5.74) is 7.63. The van der Waals surface area contributed by atoms with E-state index < -0.39 is 43.3 Å². The van der Waals surface area contributed by atoms with Crippen LogP contribution in [0.3, 0.4) is 0 Å². The largest absolute Gasteiger partial charge is 0.387 e. The Hall–Kier alpha value is -3.12. The summed E-state index contributed by atoms with van der Waals surface area (Å²) in [6, 6.07) is 16.0. The highest BCUT2D eigenvalue weighted by Gasteiger charge is 2.44. The molecular formula is C27H32FN3O6. The zero-order valence-corrected chi connectivity index (χ0v) is 20.4. The minimum Gasteiger partial charge on any atom is -0.387 e. The van der Waals surface area contributed by atoms with E-state index in [1.54, 1.807) is 6.08 Å². The molecule has 1 saturated heterocycles. The Morgan fingerprint density at radius 2 is 1.86 bits per heavy atom. The van der Waals surface area contributed by atoms with Crippen molar-refractivity contribution in [3.8, 4) is 0 Å². The van der Waals surface area contributed by atoms with Gasteiger partial charge >= 0.3 is 0 Å². The Labute approximate surface area is 213 Å². The monoisotopic (exact) mass is 513 g/mol. The van der Waals surface area contributed by atoms with Crippen LogP contribution in [0.25, 0.3) is 17.0 Å². The van der Waals surface area contributed by atoms with E-state index >= 15 is 0 Å². The van der Waals surface area contributed by atoms with Gasteiger partial charge in [0.05, 0.1) is 0 Å². The van der Waals surface area contributed by atoms with Gasteiger partial charge in [-0.3, -0.25) is 4.79 Å². The van der Waals surface area contributed by atoms with Crippen LogP contribution in [0.2, 0.25) is 0 Å². The van der Waals surface area contributed by atoms with Gasteiger partial charge in [-0.05, 0) is 48.7 Å². The van der Waals surface area contributed by atoms with Crippen LogP contribution in [0.1, 0.15) is 22.4 Å². The van der Waals surface area contributed by atoms with Gasteiger partial charge in [0.1, 0.15) is 31.1 Å². The number of hydroxylamine groups is 1. The van der Waals surface area contributed by atoms with Crippen LogP contribution < -0.4 is 10.8 Å². The van der Waals surface area contributed by atoms with Gasteiger partial charge in [0, 0.05) is 29.2 Å². The molecule has 2 heterocycles. The van der Waals surface area contributed by atoms with Gasteiger partial charge in [0.15, 0.2) is 0 Å². The van der Waals surface area contributed by atoms with Crippen LogP contribution in [-0.2, 0) is 27.3 Å². The average Bonchev–Trinajstić information content (AvgIpc) is 3.23. The number of fused-ring (bicyclic) bond motifs is 1. The molecule has 1 aliphatic rings. The van der Waals surface area contributed by atoms with Gasteiger partial charge < -0.3 is 30.4 Å². The number of H-pyrrole nitrogens is 1. The minimum atomic E-state index is -1.67. The number of alkyl halides is 1. The van der Waals surface area contributed by atoms with Crippen LogP contribution in [0.4, 0.5) is 4.39 Å². The van der Waals surface area contributed by atoms with Crippen molar-refractivity contribution in [2.45, 2.75) is 50.6 Å². The van der Waals surface area contributed by atoms with E-state index in [1.807, 2.05) is 30.3 Å². The number of aromatic amines is 1. The molecule has 1 aliphatic heterocycles. The van der Waals surface area contributed by atoms with Crippen molar-refractivity contribution in [2.75, 3.05) is 13.2 Å². The minimum absolute atomic E-state index is 0.647. The smallest absolute Gasteiger partial charge is 0.267 e. The molecule has 0 spiro atoms. The van der Waals surface area contributed by atoms with E-state index in [9.17, 15) is 24.5 Å². The number of carbonyl (C=O) groups is 1. The fraction of sp³-hybridized carbons (Fsp3) is 0.370. The second-order valence-corrected chi connectivity index (χ2v) is 9.03. The summed E-state index contributed by atoms with van der Waals surface area (Å²) >= 11 is 0. The molecule has 10 heteroatoms. The topological polar surface area (TPSA) is 136 Å². The highest BCUT2D eigenvalue weighted by molar-refractivity contribution is 5.91. The summed E-state index contributed by atoms with van der Waals surface area (Å²) in [5, 5.41) is 34.0. The third-order valence-electron chi connectivity index (χ3n) is 6.41. The predicted octanol–water partition coefficient (Wildman–Crippen LogP) is 1.65. The normalized spacial score (nSPS) is 24.1. The van der Waals surface area contributed by atoms with Crippen molar-refractivity contribution >= 4 is 22.9 Å². The average molecular weight is 514 g/mol. The molecule has 37 heavy (non-hydrogen) atoms. The van der Waals surface area contributed by atoms with E-state index in [4.69, 9.17) is 9.57 Å². The van der Waals surface area contributed by atoms with Gasteiger partial charge in [-0.25, -0.2) is 14.7 Å².